The van der Waals surface area contributed by atoms with Gasteiger partial charge in [-0.25, -0.2) is 9.97 Å². The Morgan fingerprint density at radius 3 is 2.78 bits per heavy atom. The Kier molecular flexibility index (Phi) is 3.92. The van der Waals surface area contributed by atoms with E-state index in [1.807, 2.05) is 19.3 Å². The van der Waals surface area contributed by atoms with Crippen LogP contribution in [0.3, 0.4) is 0 Å². The highest BCUT2D eigenvalue weighted by Gasteiger charge is 2.23. The summed E-state index contributed by atoms with van der Waals surface area (Å²) in [5.41, 5.74) is 1.04. The predicted octanol–water partition coefficient (Wildman–Crippen LogP) is 1.52. The molecule has 0 saturated carbocycles. The van der Waals surface area contributed by atoms with Crippen LogP contribution in [0.5, 0.6) is 0 Å². The average molecular weight is 311 g/mol. The Labute approximate surface area is 133 Å². The van der Waals surface area contributed by atoms with Crippen LogP contribution in [0, 0.1) is 0 Å². The van der Waals surface area contributed by atoms with Crippen molar-refractivity contribution in [3.63, 3.8) is 0 Å². The predicted molar refractivity (Wildman–Crippen MR) is 83.9 cm³/mol. The Bertz CT molecular complexity index is 831. The van der Waals surface area contributed by atoms with Gasteiger partial charge in [-0.1, -0.05) is 6.92 Å². The van der Waals surface area contributed by atoms with E-state index in [1.165, 1.54) is 0 Å². The van der Waals surface area contributed by atoms with Gasteiger partial charge in [0.25, 0.3) is 11.7 Å². The summed E-state index contributed by atoms with van der Waals surface area (Å²) in [6, 6.07) is 4.81. The maximum atomic E-state index is 12.2. The quantitative estimate of drug-likeness (QED) is 0.572. The van der Waals surface area contributed by atoms with E-state index in [9.17, 15) is 9.59 Å². The van der Waals surface area contributed by atoms with Crippen molar-refractivity contribution < 1.29 is 9.59 Å². The molecule has 0 aliphatic rings. The monoisotopic (exact) mass is 311 g/mol. The molecule has 0 bridgehead atoms. The van der Waals surface area contributed by atoms with Gasteiger partial charge in [0, 0.05) is 31.8 Å². The number of rotatable bonds is 5. The number of ketones is 1. The number of Topliss-reactive ketones (excluding diaryl/α,β-unsaturated/α-hetero) is 1. The zero-order valence-electron chi connectivity index (χ0n) is 12.9. The lowest BCUT2D eigenvalue weighted by Crippen LogP contribution is -2.35. The van der Waals surface area contributed by atoms with Crippen molar-refractivity contribution in [2.75, 3.05) is 0 Å². The van der Waals surface area contributed by atoms with Crippen LogP contribution >= 0.6 is 0 Å². The van der Waals surface area contributed by atoms with Gasteiger partial charge in [0.1, 0.15) is 0 Å². The number of aromatic nitrogens is 4. The van der Waals surface area contributed by atoms with E-state index in [1.54, 1.807) is 46.6 Å². The molecular weight excluding hydrogens is 294 g/mol. The molecule has 3 aromatic heterocycles. The van der Waals surface area contributed by atoms with Crippen molar-refractivity contribution in [2.45, 2.75) is 19.4 Å². The summed E-state index contributed by atoms with van der Waals surface area (Å²) in [6.45, 7) is 1.93. The van der Waals surface area contributed by atoms with Crippen molar-refractivity contribution in [3.05, 3.63) is 54.4 Å². The average Bonchev–Trinajstić information content (AvgIpc) is 3.17. The van der Waals surface area contributed by atoms with Gasteiger partial charge < -0.3 is 9.88 Å². The van der Waals surface area contributed by atoms with Crippen LogP contribution in [0.25, 0.3) is 5.78 Å². The number of hydrogen-bond acceptors (Lipinski definition) is 4. The van der Waals surface area contributed by atoms with Gasteiger partial charge in [-0.05, 0) is 24.6 Å². The van der Waals surface area contributed by atoms with Gasteiger partial charge in [-0.3, -0.25) is 14.0 Å². The van der Waals surface area contributed by atoms with Gasteiger partial charge in [0.2, 0.25) is 5.78 Å². The Morgan fingerprint density at radius 2 is 2.13 bits per heavy atom. The van der Waals surface area contributed by atoms with E-state index < -0.39 is 11.7 Å². The van der Waals surface area contributed by atoms with Crippen molar-refractivity contribution in [1.29, 1.82) is 0 Å². The maximum Gasteiger partial charge on any atom is 0.294 e. The molecule has 0 spiro atoms. The van der Waals surface area contributed by atoms with Crippen LogP contribution in [0.2, 0.25) is 0 Å². The first-order valence-corrected chi connectivity index (χ1v) is 7.36. The van der Waals surface area contributed by atoms with Crippen molar-refractivity contribution in [1.82, 2.24) is 24.3 Å². The topological polar surface area (TPSA) is 81.3 Å². The Hall–Kier alpha value is -2.96. The molecule has 3 heterocycles. The van der Waals surface area contributed by atoms with Crippen LogP contribution in [-0.2, 0) is 11.8 Å². The minimum absolute atomic E-state index is 0.339. The normalized spacial score (nSPS) is 12.3. The van der Waals surface area contributed by atoms with Crippen molar-refractivity contribution >= 4 is 17.5 Å². The van der Waals surface area contributed by atoms with E-state index >= 15 is 0 Å². The summed E-state index contributed by atoms with van der Waals surface area (Å²) < 4.78 is 3.40. The molecule has 1 unspecified atom stereocenters. The van der Waals surface area contributed by atoms with Gasteiger partial charge in [-0.2, -0.15) is 0 Å². The molecule has 0 fully saturated rings. The molecule has 23 heavy (non-hydrogen) atoms. The number of aryl methyl sites for hydroxylation is 1. The molecule has 0 aliphatic carbocycles. The summed E-state index contributed by atoms with van der Waals surface area (Å²) in [5, 5.41) is 2.75. The van der Waals surface area contributed by atoms with E-state index in [0.29, 0.717) is 23.6 Å². The fourth-order valence-electron chi connectivity index (χ4n) is 2.44. The van der Waals surface area contributed by atoms with Gasteiger partial charge in [0.15, 0.2) is 0 Å². The van der Waals surface area contributed by atoms with Gasteiger partial charge in [-0.15, -0.1) is 0 Å². The van der Waals surface area contributed by atoms with Crippen molar-refractivity contribution in [2.24, 2.45) is 7.05 Å². The third-order valence-electron chi connectivity index (χ3n) is 3.71. The van der Waals surface area contributed by atoms with Crippen LogP contribution in [0.4, 0.5) is 0 Å². The fraction of sp³-hybridized carbons (Fsp3) is 0.250. The summed E-state index contributed by atoms with van der Waals surface area (Å²) in [7, 11) is 1.73. The third kappa shape index (κ3) is 2.85. The molecule has 0 aromatic carbocycles. The molecule has 0 saturated heterocycles. The lowest BCUT2D eigenvalue weighted by molar-refractivity contribution is -0.117. The minimum atomic E-state index is -0.635. The van der Waals surface area contributed by atoms with Crippen molar-refractivity contribution in [3.8, 4) is 0 Å². The maximum absolute atomic E-state index is 12.2. The van der Waals surface area contributed by atoms with E-state index in [2.05, 4.69) is 15.3 Å². The lowest BCUT2D eigenvalue weighted by atomic mass is 10.1. The standard InChI is InChI=1S/C16H17N5O2/c1-3-11(12-10-21-9-5-7-17-16(21)19-12)18-15(23)14(22)13-6-4-8-20(13)2/h4-11H,3H2,1-2H3,(H,18,23). The summed E-state index contributed by atoms with van der Waals surface area (Å²) in [5.74, 6) is -0.634. The van der Waals surface area contributed by atoms with Gasteiger partial charge >= 0.3 is 0 Å². The Balaban J connectivity index is 1.80. The van der Waals surface area contributed by atoms with E-state index in [0.717, 1.165) is 0 Å². The highest BCUT2D eigenvalue weighted by Crippen LogP contribution is 2.16. The highest BCUT2D eigenvalue weighted by atomic mass is 16.2. The summed E-state index contributed by atoms with van der Waals surface area (Å²) in [6.07, 6.45) is 7.65. The number of imidazole rings is 1. The number of carbonyl (C=O) groups is 2. The molecule has 7 heteroatoms. The molecule has 1 N–H and O–H groups in total. The zero-order valence-corrected chi connectivity index (χ0v) is 12.9. The molecular formula is C16H17N5O2. The number of amides is 1. The number of nitrogens with zero attached hydrogens (tertiary/aromatic N) is 4. The van der Waals surface area contributed by atoms with Gasteiger partial charge in [0.05, 0.1) is 17.4 Å². The second kappa shape index (κ2) is 6.04. The van der Waals surface area contributed by atoms with Crippen LogP contribution in [0.1, 0.15) is 35.6 Å². The number of carbonyl (C=O) groups excluding carboxylic acids is 2. The number of nitrogens with one attached hydrogen (secondary N) is 1. The summed E-state index contributed by atoms with van der Waals surface area (Å²) >= 11 is 0. The lowest BCUT2D eigenvalue weighted by Gasteiger charge is -2.14. The third-order valence-corrected chi connectivity index (χ3v) is 3.71. The molecule has 7 nitrogen and oxygen atoms in total. The molecule has 0 radical (unpaired) electrons. The highest BCUT2D eigenvalue weighted by molar-refractivity contribution is 6.42. The molecule has 3 aromatic rings. The smallest absolute Gasteiger partial charge is 0.294 e. The molecule has 1 atom stereocenters. The second-order valence-electron chi connectivity index (χ2n) is 5.26. The first kappa shape index (κ1) is 15.0. The summed E-state index contributed by atoms with van der Waals surface area (Å²) in [4.78, 5) is 33.0. The number of hydrogen-bond donors (Lipinski definition) is 1. The molecule has 0 aliphatic heterocycles. The van der Waals surface area contributed by atoms with Crippen LogP contribution in [-0.4, -0.2) is 30.6 Å². The molecule has 3 rings (SSSR count). The molecule has 118 valence electrons. The Morgan fingerprint density at radius 1 is 1.30 bits per heavy atom. The van der Waals surface area contributed by atoms with Crippen LogP contribution in [0.15, 0.2) is 43.0 Å². The fourth-order valence-corrected chi connectivity index (χ4v) is 2.44. The zero-order chi connectivity index (χ0) is 16.4. The largest absolute Gasteiger partial charge is 0.348 e. The van der Waals surface area contributed by atoms with E-state index in [4.69, 9.17) is 0 Å². The first-order chi connectivity index (χ1) is 11.1. The van der Waals surface area contributed by atoms with E-state index in [-0.39, 0.29) is 6.04 Å². The molecule has 1 amide bonds. The first-order valence-electron chi connectivity index (χ1n) is 7.36. The SMILES string of the molecule is CCC(NC(=O)C(=O)c1cccn1C)c1cn2cccnc2n1. The minimum Gasteiger partial charge on any atom is -0.348 e. The second-order valence-corrected chi connectivity index (χ2v) is 5.26. The number of fused-ring (bicyclic) bond motifs is 1. The van der Waals surface area contributed by atoms with Crippen LogP contribution < -0.4 is 5.32 Å².